The summed E-state index contributed by atoms with van der Waals surface area (Å²) in [4.78, 5) is 43.7. The molecule has 0 saturated carbocycles. The Hall–Kier alpha value is -1.80. The van der Waals surface area contributed by atoms with Crippen LogP contribution >= 0.6 is 11.8 Å². The number of aliphatic hydroxyl groups is 1. The van der Waals surface area contributed by atoms with Crippen LogP contribution in [-0.2, 0) is 19.1 Å². The van der Waals surface area contributed by atoms with Gasteiger partial charge in [0, 0.05) is 31.5 Å². The molecule has 8 heteroatoms. The Kier molecular flexibility index (Phi) is 6.25. The van der Waals surface area contributed by atoms with E-state index in [0.29, 0.717) is 32.5 Å². The molecule has 4 heterocycles. The second kappa shape index (κ2) is 8.75. The van der Waals surface area contributed by atoms with Gasteiger partial charge in [-0.2, -0.15) is 0 Å². The number of carbonyl (C=O) groups excluding carboxylic acids is 3. The lowest BCUT2D eigenvalue weighted by atomic mass is 9.78. The molecule has 1 N–H and O–H groups in total. The van der Waals surface area contributed by atoms with E-state index in [1.807, 2.05) is 29.2 Å². The number of hydrogen-bond acceptors (Lipinski definition) is 6. The second-order valence-electron chi connectivity index (χ2n) is 8.40. The van der Waals surface area contributed by atoms with Crippen LogP contribution in [0.15, 0.2) is 24.3 Å². The minimum absolute atomic E-state index is 0.0328. The first-order valence-electron chi connectivity index (χ1n) is 10.9. The quantitative estimate of drug-likeness (QED) is 0.370. The summed E-state index contributed by atoms with van der Waals surface area (Å²) in [5, 5.41) is 9.02. The van der Waals surface area contributed by atoms with Crippen LogP contribution in [0.5, 0.6) is 0 Å². The predicted molar refractivity (Wildman–Crippen MR) is 114 cm³/mol. The largest absolute Gasteiger partial charge is 0.461 e. The average molecular weight is 435 g/mol. The van der Waals surface area contributed by atoms with Crippen molar-refractivity contribution < 1.29 is 24.2 Å². The predicted octanol–water partition coefficient (Wildman–Crippen LogP) is 1.37. The van der Waals surface area contributed by atoms with E-state index in [-0.39, 0.29) is 36.2 Å². The number of ether oxygens (including phenoxy) is 1. The standard InChI is InChI=1S/C22H30N2O5S/c1-2-3-10-23-11-7-9-22-17(16-15(30-22)8-6-14-29-21(16)28)19(26)24(12-4-5-13-25)18(22)20(23)27/h6-9,15-18,25H,2-5,10-14H2,1H3/t15-,16+,17+,18?,22+/m1/s1. The smallest absolute Gasteiger partial charge is 0.311 e. The average Bonchev–Trinajstić information content (AvgIpc) is 3.02. The highest BCUT2D eigenvalue weighted by Crippen LogP contribution is 2.60. The van der Waals surface area contributed by atoms with Gasteiger partial charge in [-0.1, -0.05) is 37.6 Å². The second-order valence-corrected chi connectivity index (χ2v) is 9.89. The molecule has 1 unspecified atom stereocenters. The molecule has 0 aromatic carbocycles. The van der Waals surface area contributed by atoms with Gasteiger partial charge in [-0.15, -0.1) is 11.8 Å². The maximum absolute atomic E-state index is 13.7. The SMILES string of the molecule is CCCCN1CC=C[C@]23S[C@@H]4C=CCOC(=O)[C@@H]4[C@H]2C(=O)N(CCCCO)C3C1=O. The van der Waals surface area contributed by atoms with Crippen LogP contribution in [0.2, 0.25) is 0 Å². The molecule has 30 heavy (non-hydrogen) atoms. The summed E-state index contributed by atoms with van der Waals surface area (Å²) in [5.41, 5.74) is 0. The Morgan fingerprint density at radius 1 is 1.17 bits per heavy atom. The number of nitrogens with zero attached hydrogens (tertiary/aromatic N) is 2. The summed E-state index contributed by atoms with van der Waals surface area (Å²) in [6.07, 6.45) is 10.9. The van der Waals surface area contributed by atoms with Gasteiger partial charge in [0.25, 0.3) is 0 Å². The Bertz CT molecular complexity index is 769. The molecule has 2 amide bonds. The number of hydrogen-bond donors (Lipinski definition) is 1. The third-order valence-electron chi connectivity index (χ3n) is 6.59. The lowest BCUT2D eigenvalue weighted by Gasteiger charge is -2.35. The van der Waals surface area contributed by atoms with Crippen LogP contribution < -0.4 is 0 Å². The molecule has 4 aliphatic rings. The molecular weight excluding hydrogens is 404 g/mol. The first kappa shape index (κ1) is 21.4. The fraction of sp³-hybridized carbons (Fsp3) is 0.682. The Labute approximate surface area is 181 Å². The number of amides is 2. The minimum Gasteiger partial charge on any atom is -0.461 e. The molecule has 1 spiro atoms. The van der Waals surface area contributed by atoms with Crippen molar-refractivity contribution in [3.05, 3.63) is 24.3 Å². The topological polar surface area (TPSA) is 87.2 Å². The molecule has 4 aliphatic heterocycles. The van der Waals surface area contributed by atoms with Crippen molar-refractivity contribution in [2.24, 2.45) is 11.8 Å². The third kappa shape index (κ3) is 3.38. The molecule has 2 saturated heterocycles. The number of unbranched alkanes of at least 4 members (excludes halogenated alkanes) is 2. The normalized spacial score (nSPS) is 35.1. The molecule has 2 fully saturated rings. The van der Waals surface area contributed by atoms with Crippen LogP contribution in [0.3, 0.4) is 0 Å². The minimum atomic E-state index is -0.760. The summed E-state index contributed by atoms with van der Waals surface area (Å²) in [6, 6.07) is -0.623. The highest BCUT2D eigenvalue weighted by atomic mass is 32.2. The van der Waals surface area contributed by atoms with Crippen LogP contribution in [0, 0.1) is 11.8 Å². The molecule has 164 valence electrons. The van der Waals surface area contributed by atoms with E-state index in [1.165, 1.54) is 0 Å². The van der Waals surface area contributed by atoms with Gasteiger partial charge in [-0.05, 0) is 19.3 Å². The molecule has 0 aromatic heterocycles. The van der Waals surface area contributed by atoms with Crippen molar-refractivity contribution in [2.75, 3.05) is 32.8 Å². The van der Waals surface area contributed by atoms with Gasteiger partial charge in [-0.25, -0.2) is 0 Å². The van der Waals surface area contributed by atoms with Crippen LogP contribution in [-0.4, -0.2) is 81.6 Å². The van der Waals surface area contributed by atoms with E-state index < -0.39 is 22.6 Å². The number of rotatable bonds is 7. The van der Waals surface area contributed by atoms with Crippen molar-refractivity contribution in [2.45, 2.75) is 48.6 Å². The fourth-order valence-electron chi connectivity index (χ4n) is 5.20. The molecule has 0 radical (unpaired) electrons. The first-order valence-corrected chi connectivity index (χ1v) is 11.8. The highest BCUT2D eigenvalue weighted by Gasteiger charge is 2.70. The summed E-state index contributed by atoms with van der Waals surface area (Å²) in [6.45, 7) is 3.96. The van der Waals surface area contributed by atoms with E-state index in [9.17, 15) is 19.5 Å². The van der Waals surface area contributed by atoms with E-state index in [1.54, 1.807) is 16.7 Å². The summed E-state index contributed by atoms with van der Waals surface area (Å²) in [5.74, 6) is -1.70. The number of thioether (sulfide) groups is 1. The third-order valence-corrected chi connectivity index (χ3v) is 8.33. The Balaban J connectivity index is 1.74. The number of esters is 1. The number of cyclic esters (lactones) is 1. The molecule has 4 rings (SSSR count). The summed E-state index contributed by atoms with van der Waals surface area (Å²) in [7, 11) is 0. The van der Waals surface area contributed by atoms with E-state index in [4.69, 9.17) is 4.74 Å². The van der Waals surface area contributed by atoms with Crippen LogP contribution in [0.1, 0.15) is 32.6 Å². The number of carbonyl (C=O) groups is 3. The number of aliphatic hydroxyl groups excluding tert-OH is 1. The van der Waals surface area contributed by atoms with Crippen molar-refractivity contribution in [1.29, 1.82) is 0 Å². The van der Waals surface area contributed by atoms with Gasteiger partial charge in [0.15, 0.2) is 0 Å². The van der Waals surface area contributed by atoms with E-state index >= 15 is 0 Å². The Morgan fingerprint density at radius 3 is 2.77 bits per heavy atom. The summed E-state index contributed by atoms with van der Waals surface area (Å²) >= 11 is 1.57. The molecule has 7 nitrogen and oxygen atoms in total. The zero-order valence-corrected chi connectivity index (χ0v) is 18.2. The van der Waals surface area contributed by atoms with Gasteiger partial charge in [-0.3, -0.25) is 14.4 Å². The zero-order chi connectivity index (χ0) is 21.3. The van der Waals surface area contributed by atoms with Gasteiger partial charge < -0.3 is 19.6 Å². The maximum atomic E-state index is 13.7. The van der Waals surface area contributed by atoms with Crippen LogP contribution in [0.4, 0.5) is 0 Å². The highest BCUT2D eigenvalue weighted by molar-refractivity contribution is 8.02. The van der Waals surface area contributed by atoms with Crippen molar-refractivity contribution >= 4 is 29.5 Å². The van der Waals surface area contributed by atoms with Gasteiger partial charge in [0.1, 0.15) is 12.6 Å². The molecule has 5 atom stereocenters. The van der Waals surface area contributed by atoms with Crippen molar-refractivity contribution in [1.82, 2.24) is 9.80 Å². The van der Waals surface area contributed by atoms with Gasteiger partial charge >= 0.3 is 5.97 Å². The molecule has 0 aliphatic carbocycles. The maximum Gasteiger partial charge on any atom is 0.311 e. The Morgan fingerprint density at radius 2 is 2.00 bits per heavy atom. The molecule has 0 bridgehead atoms. The van der Waals surface area contributed by atoms with Crippen molar-refractivity contribution in [3.63, 3.8) is 0 Å². The molecular formula is C22H30N2O5S. The molecule has 0 aromatic rings. The summed E-state index contributed by atoms with van der Waals surface area (Å²) < 4.78 is 4.59. The van der Waals surface area contributed by atoms with Crippen LogP contribution in [0.25, 0.3) is 0 Å². The monoisotopic (exact) mass is 434 g/mol. The zero-order valence-electron chi connectivity index (χ0n) is 17.4. The first-order chi connectivity index (χ1) is 14.5. The lowest BCUT2D eigenvalue weighted by molar-refractivity contribution is -0.151. The van der Waals surface area contributed by atoms with E-state index in [0.717, 1.165) is 12.8 Å². The lowest BCUT2D eigenvalue weighted by Crippen LogP contribution is -2.53. The number of likely N-dealkylation sites (tertiary alicyclic amines) is 1. The fourth-order valence-corrected chi connectivity index (χ4v) is 7.20. The van der Waals surface area contributed by atoms with Gasteiger partial charge in [0.05, 0.1) is 16.6 Å². The van der Waals surface area contributed by atoms with Gasteiger partial charge in [0.2, 0.25) is 11.8 Å². The van der Waals surface area contributed by atoms with Crippen molar-refractivity contribution in [3.8, 4) is 0 Å². The number of fused-ring (bicyclic) bond motifs is 2. The van der Waals surface area contributed by atoms with E-state index in [2.05, 4.69) is 6.92 Å².